The molecule has 1 aliphatic carbocycles. The molecular formula is C13H19NO2. The molecule has 2 N–H and O–H groups in total. The Morgan fingerprint density at radius 3 is 2.75 bits per heavy atom. The Labute approximate surface area is 96.0 Å². The van der Waals surface area contributed by atoms with Crippen LogP contribution in [0.5, 0.6) is 11.8 Å². The lowest BCUT2D eigenvalue weighted by Crippen LogP contribution is -1.98. The third-order valence-electron chi connectivity index (χ3n) is 3.29. The molecule has 0 fully saturated rings. The highest BCUT2D eigenvalue weighted by Crippen LogP contribution is 2.43. The highest BCUT2D eigenvalue weighted by atomic mass is 16.3. The monoisotopic (exact) mass is 221 g/mol. The summed E-state index contributed by atoms with van der Waals surface area (Å²) in [6.45, 7) is 4.85. The number of hydrogen-bond donors (Lipinski definition) is 2. The predicted octanol–water partition coefficient (Wildman–Crippen LogP) is 3.22. The number of aromatic nitrogens is 1. The van der Waals surface area contributed by atoms with Crippen LogP contribution in [-0.2, 0) is 6.54 Å². The largest absolute Gasteiger partial charge is 0.494 e. The Kier molecular flexibility index (Phi) is 2.95. The first-order valence-electron chi connectivity index (χ1n) is 5.97. The van der Waals surface area contributed by atoms with E-state index in [-0.39, 0.29) is 17.7 Å². The molecule has 0 bridgehead atoms. The zero-order valence-corrected chi connectivity index (χ0v) is 9.90. The van der Waals surface area contributed by atoms with Crippen LogP contribution in [0.1, 0.15) is 50.2 Å². The average Bonchev–Trinajstić information content (AvgIpc) is 2.51. The van der Waals surface area contributed by atoms with Gasteiger partial charge >= 0.3 is 0 Å². The van der Waals surface area contributed by atoms with E-state index in [9.17, 15) is 10.2 Å². The highest BCUT2D eigenvalue weighted by molar-refractivity contribution is 5.66. The summed E-state index contributed by atoms with van der Waals surface area (Å²) < 4.78 is 1.63. The van der Waals surface area contributed by atoms with Gasteiger partial charge in [-0.2, -0.15) is 0 Å². The van der Waals surface area contributed by atoms with Crippen LogP contribution in [0.3, 0.4) is 0 Å². The van der Waals surface area contributed by atoms with E-state index >= 15 is 0 Å². The second kappa shape index (κ2) is 4.24. The molecule has 3 heteroatoms. The van der Waals surface area contributed by atoms with E-state index in [1.807, 2.05) is 6.08 Å². The molecule has 16 heavy (non-hydrogen) atoms. The van der Waals surface area contributed by atoms with E-state index in [1.54, 1.807) is 4.57 Å². The molecule has 0 aromatic carbocycles. The Bertz CT molecular complexity index is 418. The minimum atomic E-state index is 0.212. The number of aromatic hydroxyl groups is 2. The van der Waals surface area contributed by atoms with Crippen LogP contribution in [0.2, 0.25) is 0 Å². The summed E-state index contributed by atoms with van der Waals surface area (Å²) in [7, 11) is 0. The van der Waals surface area contributed by atoms with Gasteiger partial charge < -0.3 is 10.2 Å². The molecule has 1 atom stereocenters. The molecule has 0 radical (unpaired) electrons. The van der Waals surface area contributed by atoms with Crippen molar-refractivity contribution < 1.29 is 10.2 Å². The molecule has 88 valence electrons. The third kappa shape index (κ3) is 1.60. The van der Waals surface area contributed by atoms with Gasteiger partial charge in [-0.25, -0.2) is 0 Å². The van der Waals surface area contributed by atoms with Gasteiger partial charge in [-0.05, 0) is 18.8 Å². The van der Waals surface area contributed by atoms with Crippen molar-refractivity contribution in [2.24, 2.45) is 0 Å². The summed E-state index contributed by atoms with van der Waals surface area (Å²) >= 11 is 0. The van der Waals surface area contributed by atoms with E-state index in [4.69, 9.17) is 0 Å². The van der Waals surface area contributed by atoms with Crippen molar-refractivity contribution in [2.45, 2.75) is 45.6 Å². The highest BCUT2D eigenvalue weighted by Gasteiger charge is 2.25. The predicted molar refractivity (Wildman–Crippen MR) is 64.7 cm³/mol. The van der Waals surface area contributed by atoms with Gasteiger partial charge in [-0.3, -0.25) is 4.57 Å². The number of rotatable bonds is 3. The number of hydrogen-bond acceptors (Lipinski definition) is 2. The molecule has 0 spiro atoms. The van der Waals surface area contributed by atoms with Gasteiger partial charge in [0.05, 0.1) is 0 Å². The van der Waals surface area contributed by atoms with Crippen LogP contribution >= 0.6 is 0 Å². The summed E-state index contributed by atoms with van der Waals surface area (Å²) in [6, 6.07) is 0. The second-order valence-electron chi connectivity index (χ2n) is 4.52. The lowest BCUT2D eigenvalue weighted by atomic mass is 9.91. The molecule has 1 aromatic rings. The summed E-state index contributed by atoms with van der Waals surface area (Å²) in [5, 5.41) is 20.2. The van der Waals surface area contributed by atoms with Crippen LogP contribution < -0.4 is 0 Å². The smallest absolute Gasteiger partial charge is 0.201 e. The van der Waals surface area contributed by atoms with Gasteiger partial charge in [-0.1, -0.05) is 32.4 Å². The Morgan fingerprint density at radius 2 is 2.12 bits per heavy atom. The van der Waals surface area contributed by atoms with Crippen molar-refractivity contribution in [3.8, 4) is 11.8 Å². The maximum Gasteiger partial charge on any atom is 0.201 e. The van der Waals surface area contributed by atoms with Gasteiger partial charge in [0.1, 0.15) is 0 Å². The van der Waals surface area contributed by atoms with Crippen LogP contribution in [0.25, 0.3) is 6.08 Å². The molecule has 0 saturated carbocycles. The Hall–Kier alpha value is -1.38. The Balaban J connectivity index is 2.44. The molecule has 1 unspecified atom stereocenters. The van der Waals surface area contributed by atoms with Crippen LogP contribution in [0.15, 0.2) is 6.08 Å². The Morgan fingerprint density at radius 1 is 1.38 bits per heavy atom. The van der Waals surface area contributed by atoms with E-state index in [1.165, 1.54) is 0 Å². The topological polar surface area (TPSA) is 45.4 Å². The van der Waals surface area contributed by atoms with Crippen molar-refractivity contribution in [2.75, 3.05) is 0 Å². The number of allylic oxidation sites excluding steroid dienone is 1. The lowest BCUT2D eigenvalue weighted by Gasteiger charge is -2.13. The van der Waals surface area contributed by atoms with E-state index in [0.29, 0.717) is 6.54 Å². The fraction of sp³-hybridized carbons (Fsp3) is 0.538. The van der Waals surface area contributed by atoms with Crippen LogP contribution in [0, 0.1) is 0 Å². The standard InChI is InChI=1S/C13H19NO2/c1-3-4-8-14-12(15)10-7-5-6-9(2)11(10)13(14)16/h5,7,9,15-16H,3-4,6,8H2,1-2H3. The molecule has 0 aliphatic heterocycles. The zero-order chi connectivity index (χ0) is 11.7. The van der Waals surface area contributed by atoms with Crippen molar-refractivity contribution in [3.05, 3.63) is 17.2 Å². The third-order valence-corrected chi connectivity index (χ3v) is 3.29. The second-order valence-corrected chi connectivity index (χ2v) is 4.52. The van der Waals surface area contributed by atoms with E-state index < -0.39 is 0 Å². The SMILES string of the molecule is CCCCn1c(O)c2c(c1O)C(C)CC=C2. The first kappa shape index (κ1) is 11.1. The maximum absolute atomic E-state index is 10.1. The summed E-state index contributed by atoms with van der Waals surface area (Å²) in [6.07, 6.45) is 6.90. The normalized spacial score (nSPS) is 18.8. The van der Waals surface area contributed by atoms with Crippen molar-refractivity contribution in [1.82, 2.24) is 4.57 Å². The van der Waals surface area contributed by atoms with Crippen molar-refractivity contribution >= 4 is 6.08 Å². The van der Waals surface area contributed by atoms with Gasteiger partial charge in [0.15, 0.2) is 5.88 Å². The minimum absolute atomic E-state index is 0.212. The average molecular weight is 221 g/mol. The molecular weight excluding hydrogens is 202 g/mol. The first-order chi connectivity index (χ1) is 7.66. The zero-order valence-electron chi connectivity index (χ0n) is 9.90. The molecule has 1 aliphatic rings. The molecule has 2 rings (SSSR count). The number of unbranched alkanes of at least 4 members (excludes halogenated alkanes) is 1. The van der Waals surface area contributed by atoms with Gasteiger partial charge in [0.2, 0.25) is 5.88 Å². The van der Waals surface area contributed by atoms with Crippen LogP contribution in [-0.4, -0.2) is 14.8 Å². The van der Waals surface area contributed by atoms with Gasteiger partial charge in [0.25, 0.3) is 0 Å². The quantitative estimate of drug-likeness (QED) is 0.823. The molecule has 1 heterocycles. The first-order valence-corrected chi connectivity index (χ1v) is 5.97. The fourth-order valence-corrected chi connectivity index (χ4v) is 2.32. The summed E-state index contributed by atoms with van der Waals surface area (Å²) in [4.78, 5) is 0. The number of nitrogens with zero attached hydrogens (tertiary/aromatic N) is 1. The maximum atomic E-state index is 10.1. The number of fused-ring (bicyclic) bond motifs is 1. The van der Waals surface area contributed by atoms with Crippen molar-refractivity contribution in [1.29, 1.82) is 0 Å². The minimum Gasteiger partial charge on any atom is -0.494 e. The van der Waals surface area contributed by atoms with E-state index in [2.05, 4.69) is 19.9 Å². The molecule has 0 saturated heterocycles. The van der Waals surface area contributed by atoms with E-state index in [0.717, 1.165) is 30.4 Å². The van der Waals surface area contributed by atoms with Crippen molar-refractivity contribution in [3.63, 3.8) is 0 Å². The lowest BCUT2D eigenvalue weighted by molar-refractivity contribution is 0.361. The van der Waals surface area contributed by atoms with Gasteiger partial charge in [-0.15, -0.1) is 0 Å². The molecule has 3 nitrogen and oxygen atoms in total. The molecule has 1 aromatic heterocycles. The van der Waals surface area contributed by atoms with Crippen LogP contribution in [0.4, 0.5) is 0 Å². The fourth-order valence-electron chi connectivity index (χ4n) is 2.32. The summed E-state index contributed by atoms with van der Waals surface area (Å²) in [5.41, 5.74) is 1.70. The molecule has 0 amide bonds. The summed E-state index contributed by atoms with van der Waals surface area (Å²) in [5.74, 6) is 0.746. The van der Waals surface area contributed by atoms with Gasteiger partial charge in [0, 0.05) is 17.7 Å².